The molecule has 0 bridgehead atoms. The average molecular weight is 462 g/mol. The molecule has 1 aliphatic rings. The summed E-state index contributed by atoms with van der Waals surface area (Å²) in [6.45, 7) is 4.48. The maximum atomic E-state index is 13.1. The molecule has 0 spiro atoms. The number of hydrogen-bond acceptors (Lipinski definition) is 6. The third kappa shape index (κ3) is 6.22. The maximum Gasteiger partial charge on any atom is 0.413 e. The molecule has 0 saturated carbocycles. The number of nitriles is 1. The van der Waals surface area contributed by atoms with Gasteiger partial charge in [-0.05, 0) is 18.1 Å². The Morgan fingerprint density at radius 3 is 2.09 bits per heavy atom. The van der Waals surface area contributed by atoms with Crippen LogP contribution in [0, 0.1) is 11.3 Å². The molecule has 3 rings (SSSR count). The van der Waals surface area contributed by atoms with Gasteiger partial charge in [0.2, 0.25) is 0 Å². The smallest absolute Gasteiger partial charge is 0.413 e. The fourth-order valence-electron chi connectivity index (χ4n) is 4.08. The summed E-state index contributed by atoms with van der Waals surface area (Å²) in [6, 6.07) is 22.6. The molecule has 2 N–H and O–H groups in total. The van der Waals surface area contributed by atoms with E-state index in [1.54, 1.807) is 11.8 Å². The summed E-state index contributed by atoms with van der Waals surface area (Å²) in [5, 5.41) is 9.61. The molecule has 0 unspecified atom stereocenters. The fourth-order valence-corrected chi connectivity index (χ4v) is 4.08. The van der Waals surface area contributed by atoms with E-state index >= 15 is 0 Å². The summed E-state index contributed by atoms with van der Waals surface area (Å²) in [4.78, 5) is 30.4. The molecule has 0 aliphatic carbocycles. The number of ether oxygens (including phenoxy) is 1. The topological polar surface area (TPSA) is 103 Å². The lowest BCUT2D eigenvalue weighted by Crippen LogP contribution is -2.50. The van der Waals surface area contributed by atoms with E-state index in [-0.39, 0.29) is 31.3 Å². The molecule has 0 radical (unpaired) electrons. The Kier molecular flexibility index (Phi) is 9.21. The van der Waals surface area contributed by atoms with Crippen molar-refractivity contribution in [3.05, 3.63) is 83.6 Å². The Bertz CT molecular complexity index is 972. The second kappa shape index (κ2) is 12.5. The normalized spacial score (nSPS) is 14.5. The summed E-state index contributed by atoms with van der Waals surface area (Å²) in [7, 11) is 0. The third-order valence-corrected chi connectivity index (χ3v) is 5.71. The van der Waals surface area contributed by atoms with Gasteiger partial charge >= 0.3 is 6.09 Å². The Morgan fingerprint density at radius 2 is 1.62 bits per heavy atom. The van der Waals surface area contributed by atoms with Gasteiger partial charge in [-0.3, -0.25) is 14.6 Å². The van der Waals surface area contributed by atoms with Crippen LogP contribution in [-0.2, 0) is 9.53 Å². The lowest BCUT2D eigenvalue weighted by molar-refractivity contribution is -0.128. The average Bonchev–Trinajstić information content (AvgIpc) is 2.88. The SMILES string of the molecule is CCOC(=O)N(/C=C(/C#N)C(=O)N1CCN(C(c2ccccc2)c2ccccc2)CC1)CCN. The molecule has 1 aliphatic heterocycles. The molecule has 1 saturated heterocycles. The van der Waals surface area contributed by atoms with Crippen LogP contribution in [0.3, 0.4) is 0 Å². The zero-order valence-electron chi connectivity index (χ0n) is 19.5. The highest BCUT2D eigenvalue weighted by atomic mass is 16.6. The van der Waals surface area contributed by atoms with E-state index in [1.807, 2.05) is 42.5 Å². The van der Waals surface area contributed by atoms with Crippen LogP contribution in [0.2, 0.25) is 0 Å². The number of rotatable bonds is 8. The Labute approximate surface area is 200 Å². The predicted molar refractivity (Wildman–Crippen MR) is 129 cm³/mol. The van der Waals surface area contributed by atoms with Crippen LogP contribution in [-0.4, -0.2) is 72.6 Å². The molecule has 0 atom stereocenters. The first kappa shape index (κ1) is 25.0. The molecule has 8 nitrogen and oxygen atoms in total. The van der Waals surface area contributed by atoms with Gasteiger partial charge in [-0.15, -0.1) is 0 Å². The van der Waals surface area contributed by atoms with E-state index in [0.717, 1.165) is 0 Å². The highest BCUT2D eigenvalue weighted by Gasteiger charge is 2.29. The molecular formula is C26H31N5O3. The first-order chi connectivity index (χ1) is 16.6. The quantitative estimate of drug-likeness (QED) is 0.479. The van der Waals surface area contributed by atoms with E-state index in [1.165, 1.54) is 22.2 Å². The van der Waals surface area contributed by atoms with Crippen LogP contribution in [0.1, 0.15) is 24.1 Å². The van der Waals surface area contributed by atoms with Crippen molar-refractivity contribution in [1.82, 2.24) is 14.7 Å². The summed E-state index contributed by atoms with van der Waals surface area (Å²) in [5.41, 5.74) is 7.85. The predicted octanol–water partition coefficient (Wildman–Crippen LogP) is 2.74. The van der Waals surface area contributed by atoms with Crippen LogP contribution < -0.4 is 5.73 Å². The Balaban J connectivity index is 1.73. The van der Waals surface area contributed by atoms with E-state index < -0.39 is 12.0 Å². The second-order valence-electron chi connectivity index (χ2n) is 7.89. The van der Waals surface area contributed by atoms with Crippen molar-refractivity contribution >= 4 is 12.0 Å². The van der Waals surface area contributed by atoms with Crippen LogP contribution in [0.5, 0.6) is 0 Å². The van der Waals surface area contributed by atoms with Gasteiger partial charge in [0.1, 0.15) is 11.6 Å². The molecule has 1 fully saturated rings. The Morgan fingerprint density at radius 1 is 1.06 bits per heavy atom. The van der Waals surface area contributed by atoms with Gasteiger partial charge in [-0.2, -0.15) is 5.26 Å². The summed E-state index contributed by atoms with van der Waals surface area (Å²) < 4.78 is 5.00. The van der Waals surface area contributed by atoms with Crippen LogP contribution in [0.4, 0.5) is 4.79 Å². The number of benzene rings is 2. The zero-order valence-corrected chi connectivity index (χ0v) is 19.5. The number of piperazine rings is 1. The first-order valence-corrected chi connectivity index (χ1v) is 11.5. The second-order valence-corrected chi connectivity index (χ2v) is 7.89. The van der Waals surface area contributed by atoms with E-state index in [2.05, 4.69) is 29.2 Å². The largest absolute Gasteiger partial charge is 0.449 e. The highest BCUT2D eigenvalue weighted by molar-refractivity contribution is 5.97. The van der Waals surface area contributed by atoms with E-state index in [0.29, 0.717) is 26.2 Å². The third-order valence-electron chi connectivity index (χ3n) is 5.71. The van der Waals surface area contributed by atoms with E-state index in [4.69, 9.17) is 10.5 Å². The molecule has 2 amide bonds. The monoisotopic (exact) mass is 461 g/mol. The minimum absolute atomic E-state index is 0.0782. The van der Waals surface area contributed by atoms with Gasteiger partial charge in [0.25, 0.3) is 5.91 Å². The van der Waals surface area contributed by atoms with Gasteiger partial charge in [0.05, 0.1) is 12.6 Å². The molecule has 1 heterocycles. The van der Waals surface area contributed by atoms with Crippen molar-refractivity contribution in [3.63, 3.8) is 0 Å². The van der Waals surface area contributed by atoms with Crippen molar-refractivity contribution in [2.45, 2.75) is 13.0 Å². The molecular weight excluding hydrogens is 430 g/mol. The lowest BCUT2D eigenvalue weighted by atomic mass is 9.96. The summed E-state index contributed by atoms with van der Waals surface area (Å²) in [6.07, 6.45) is 0.614. The minimum Gasteiger partial charge on any atom is -0.449 e. The molecule has 8 heteroatoms. The van der Waals surface area contributed by atoms with Crippen LogP contribution in [0.25, 0.3) is 0 Å². The zero-order chi connectivity index (χ0) is 24.3. The molecule has 178 valence electrons. The van der Waals surface area contributed by atoms with Crippen molar-refractivity contribution in [2.75, 3.05) is 45.9 Å². The van der Waals surface area contributed by atoms with Crippen molar-refractivity contribution in [2.24, 2.45) is 5.73 Å². The maximum absolute atomic E-state index is 13.1. The molecule has 2 aromatic carbocycles. The molecule has 0 aromatic heterocycles. The van der Waals surface area contributed by atoms with Crippen molar-refractivity contribution in [3.8, 4) is 6.07 Å². The Hall–Kier alpha value is -3.67. The van der Waals surface area contributed by atoms with Crippen LogP contribution in [0.15, 0.2) is 72.4 Å². The lowest BCUT2D eigenvalue weighted by Gasteiger charge is -2.39. The van der Waals surface area contributed by atoms with Gasteiger partial charge in [-0.25, -0.2) is 4.79 Å². The minimum atomic E-state index is -0.633. The van der Waals surface area contributed by atoms with Crippen LogP contribution >= 0.6 is 0 Å². The molecule has 34 heavy (non-hydrogen) atoms. The van der Waals surface area contributed by atoms with Gasteiger partial charge in [-0.1, -0.05) is 60.7 Å². The highest BCUT2D eigenvalue weighted by Crippen LogP contribution is 2.29. The summed E-state index contributed by atoms with van der Waals surface area (Å²) >= 11 is 0. The number of nitrogens with two attached hydrogens (primary N) is 1. The van der Waals surface area contributed by atoms with Crippen molar-refractivity contribution < 1.29 is 14.3 Å². The fraction of sp³-hybridized carbons (Fsp3) is 0.346. The van der Waals surface area contributed by atoms with Crippen molar-refractivity contribution in [1.29, 1.82) is 5.26 Å². The number of carbonyl (C=O) groups excluding carboxylic acids is 2. The number of amides is 2. The van der Waals surface area contributed by atoms with Gasteiger partial charge < -0.3 is 15.4 Å². The van der Waals surface area contributed by atoms with E-state index in [9.17, 15) is 14.9 Å². The first-order valence-electron chi connectivity index (χ1n) is 11.5. The number of hydrogen-bond donors (Lipinski definition) is 1. The number of carbonyl (C=O) groups is 2. The number of nitrogens with zero attached hydrogens (tertiary/aromatic N) is 4. The summed E-state index contributed by atoms with van der Waals surface area (Å²) in [5.74, 6) is -0.399. The molecule has 2 aromatic rings. The van der Waals surface area contributed by atoms with Gasteiger partial charge in [0, 0.05) is 45.5 Å². The standard InChI is InChI=1S/C26H31N5O3/c1-2-34-26(33)31(14-13-27)20-23(19-28)25(32)30-17-15-29(16-18-30)24(21-9-5-3-6-10-21)22-11-7-4-8-12-22/h3-12,20,24H,2,13-18,27H2,1H3/b23-20-. The van der Waals surface area contributed by atoms with Gasteiger partial charge in [0.15, 0.2) is 0 Å².